The Bertz CT molecular complexity index is 567. The van der Waals surface area contributed by atoms with Crippen LogP contribution < -0.4 is 4.74 Å². The van der Waals surface area contributed by atoms with Crippen LogP contribution in [0, 0.1) is 17.7 Å². The summed E-state index contributed by atoms with van der Waals surface area (Å²) >= 11 is 0. The highest BCUT2D eigenvalue weighted by Gasteiger charge is 2.35. The monoisotopic (exact) mass is 331 g/mol. The van der Waals surface area contributed by atoms with Gasteiger partial charge in [0.2, 0.25) is 0 Å². The summed E-state index contributed by atoms with van der Waals surface area (Å²) in [7, 11) is 1.69. The third-order valence-electron chi connectivity index (χ3n) is 6.84. The van der Waals surface area contributed by atoms with E-state index in [2.05, 4.69) is 4.90 Å². The van der Waals surface area contributed by atoms with E-state index in [-0.39, 0.29) is 5.82 Å². The van der Waals surface area contributed by atoms with Crippen LogP contribution in [-0.2, 0) is 0 Å². The van der Waals surface area contributed by atoms with Gasteiger partial charge in [-0.2, -0.15) is 0 Å². The smallest absolute Gasteiger partial charge is 0.123 e. The first-order valence-corrected chi connectivity index (χ1v) is 9.80. The predicted molar refractivity (Wildman–Crippen MR) is 95.0 cm³/mol. The van der Waals surface area contributed by atoms with Crippen molar-refractivity contribution in [3.05, 3.63) is 29.6 Å². The molecule has 3 heteroatoms. The molecule has 3 atom stereocenters. The summed E-state index contributed by atoms with van der Waals surface area (Å²) in [5.41, 5.74) is 1.07. The number of hydrogen-bond donors (Lipinski definition) is 0. The average molecular weight is 331 g/mol. The molecule has 1 aromatic carbocycles. The molecular formula is C21H30FNO. The topological polar surface area (TPSA) is 12.5 Å². The van der Waals surface area contributed by atoms with Gasteiger partial charge < -0.3 is 9.64 Å². The van der Waals surface area contributed by atoms with Crippen LogP contribution in [0.3, 0.4) is 0 Å². The number of methoxy groups -OCH3 is 1. The molecular weight excluding hydrogens is 301 g/mol. The molecule has 0 amide bonds. The third-order valence-corrected chi connectivity index (χ3v) is 6.84. The van der Waals surface area contributed by atoms with Crippen LogP contribution in [0.25, 0.3) is 0 Å². The second-order valence-electron chi connectivity index (χ2n) is 8.21. The molecule has 3 aliphatic rings. The molecule has 2 nitrogen and oxygen atoms in total. The Morgan fingerprint density at radius 1 is 0.958 bits per heavy atom. The van der Waals surface area contributed by atoms with E-state index in [9.17, 15) is 4.39 Å². The Labute approximate surface area is 145 Å². The van der Waals surface area contributed by atoms with E-state index in [1.54, 1.807) is 19.2 Å². The van der Waals surface area contributed by atoms with Gasteiger partial charge in [0.25, 0.3) is 0 Å². The lowest BCUT2D eigenvalue weighted by Gasteiger charge is -2.39. The number of halogens is 1. The van der Waals surface area contributed by atoms with Crippen LogP contribution in [0.5, 0.6) is 5.75 Å². The minimum atomic E-state index is -0.145. The summed E-state index contributed by atoms with van der Waals surface area (Å²) in [4.78, 5) is 2.74. The van der Waals surface area contributed by atoms with Gasteiger partial charge in [0.1, 0.15) is 11.6 Å². The van der Waals surface area contributed by atoms with Crippen molar-refractivity contribution in [3.63, 3.8) is 0 Å². The van der Waals surface area contributed by atoms with Crippen LogP contribution in [0.2, 0.25) is 0 Å². The first kappa shape index (κ1) is 16.4. The second kappa shape index (κ2) is 7.03. The van der Waals surface area contributed by atoms with Gasteiger partial charge in [0.05, 0.1) is 7.11 Å². The lowest BCUT2D eigenvalue weighted by molar-refractivity contribution is 0.125. The summed E-state index contributed by atoms with van der Waals surface area (Å²) in [5.74, 6) is 3.15. The Morgan fingerprint density at radius 3 is 2.50 bits per heavy atom. The predicted octanol–water partition coefficient (Wildman–Crippen LogP) is 4.98. The number of nitrogens with zero attached hydrogens (tertiary/aromatic N) is 1. The van der Waals surface area contributed by atoms with Gasteiger partial charge in [-0.1, -0.05) is 12.8 Å². The fourth-order valence-electron chi connectivity index (χ4n) is 5.52. The van der Waals surface area contributed by atoms with Crippen molar-refractivity contribution in [2.24, 2.45) is 11.8 Å². The van der Waals surface area contributed by atoms with Crippen molar-refractivity contribution in [1.82, 2.24) is 4.90 Å². The van der Waals surface area contributed by atoms with Crippen molar-refractivity contribution < 1.29 is 9.13 Å². The van der Waals surface area contributed by atoms with Crippen LogP contribution >= 0.6 is 0 Å². The van der Waals surface area contributed by atoms with Crippen molar-refractivity contribution in [3.8, 4) is 5.75 Å². The zero-order valence-corrected chi connectivity index (χ0v) is 14.8. The molecule has 4 rings (SSSR count). The number of piperidine rings is 1. The molecule has 1 heterocycles. The van der Waals surface area contributed by atoms with Gasteiger partial charge in [-0.05, 0) is 87.6 Å². The zero-order valence-electron chi connectivity index (χ0n) is 14.8. The van der Waals surface area contributed by atoms with Crippen LogP contribution in [0.4, 0.5) is 4.39 Å². The molecule has 2 aliphatic carbocycles. The summed E-state index contributed by atoms with van der Waals surface area (Å²) in [6, 6.07) is 5.76. The maximum Gasteiger partial charge on any atom is 0.123 e. The number of hydrogen-bond acceptors (Lipinski definition) is 2. The summed E-state index contributed by atoms with van der Waals surface area (Å²) in [6.45, 7) is 2.32. The molecule has 132 valence electrons. The molecule has 24 heavy (non-hydrogen) atoms. The highest BCUT2D eigenvalue weighted by Crippen LogP contribution is 2.43. The molecule has 0 aromatic heterocycles. The summed E-state index contributed by atoms with van der Waals surface area (Å²) in [6.07, 6.45) is 11.0. The van der Waals surface area contributed by atoms with Crippen molar-refractivity contribution in [2.75, 3.05) is 20.2 Å². The number of fused-ring (bicyclic) bond motifs is 2. The fourth-order valence-corrected chi connectivity index (χ4v) is 5.52. The Balaban J connectivity index is 1.39. The number of likely N-dealkylation sites (tertiary alicyclic amines) is 1. The van der Waals surface area contributed by atoms with Gasteiger partial charge in [0.15, 0.2) is 0 Å². The van der Waals surface area contributed by atoms with Crippen LogP contribution in [0.15, 0.2) is 18.2 Å². The Morgan fingerprint density at radius 2 is 1.71 bits per heavy atom. The lowest BCUT2D eigenvalue weighted by atomic mass is 9.86. The summed E-state index contributed by atoms with van der Waals surface area (Å²) < 4.78 is 19.1. The number of benzene rings is 1. The van der Waals surface area contributed by atoms with E-state index in [0.717, 1.165) is 55.1 Å². The Hall–Kier alpha value is -1.09. The maximum absolute atomic E-state index is 13.7. The molecule has 1 saturated heterocycles. The van der Waals surface area contributed by atoms with Gasteiger partial charge in [-0.3, -0.25) is 0 Å². The van der Waals surface area contributed by atoms with Crippen molar-refractivity contribution >= 4 is 0 Å². The second-order valence-corrected chi connectivity index (χ2v) is 8.21. The van der Waals surface area contributed by atoms with Crippen molar-refractivity contribution in [1.29, 1.82) is 0 Å². The highest BCUT2D eigenvalue weighted by atomic mass is 19.1. The SMILES string of the molecule is COc1ccc(F)cc1C1CCN(C2CCC3CCC(C3)C2)CC1. The maximum atomic E-state index is 13.7. The molecule has 0 spiro atoms. The van der Waals surface area contributed by atoms with Crippen LogP contribution in [0.1, 0.15) is 62.8 Å². The quantitative estimate of drug-likeness (QED) is 0.774. The minimum absolute atomic E-state index is 0.145. The molecule has 0 N–H and O–H groups in total. The van der Waals surface area contributed by atoms with E-state index in [0.29, 0.717) is 5.92 Å². The van der Waals surface area contributed by atoms with E-state index in [1.807, 2.05) is 0 Å². The summed E-state index contributed by atoms with van der Waals surface area (Å²) in [5, 5.41) is 0. The molecule has 1 aliphatic heterocycles. The van der Waals surface area contributed by atoms with Gasteiger partial charge >= 0.3 is 0 Å². The molecule has 2 saturated carbocycles. The third kappa shape index (κ3) is 3.33. The zero-order chi connectivity index (χ0) is 16.5. The normalized spacial score (nSPS) is 31.8. The number of rotatable bonds is 3. The van der Waals surface area contributed by atoms with Gasteiger partial charge in [0, 0.05) is 11.6 Å². The number of ether oxygens (including phenoxy) is 1. The van der Waals surface area contributed by atoms with Gasteiger partial charge in [-0.15, -0.1) is 0 Å². The molecule has 2 bridgehead atoms. The van der Waals surface area contributed by atoms with Crippen molar-refractivity contribution in [2.45, 2.75) is 63.3 Å². The van der Waals surface area contributed by atoms with E-state index in [4.69, 9.17) is 4.74 Å². The van der Waals surface area contributed by atoms with Gasteiger partial charge in [-0.25, -0.2) is 4.39 Å². The Kier molecular flexibility index (Phi) is 4.80. The largest absolute Gasteiger partial charge is 0.496 e. The molecule has 0 radical (unpaired) electrons. The first-order valence-electron chi connectivity index (χ1n) is 9.80. The fraction of sp³-hybridized carbons (Fsp3) is 0.714. The molecule has 1 aromatic rings. The van der Waals surface area contributed by atoms with E-state index in [1.165, 1.54) is 44.6 Å². The average Bonchev–Trinajstić information content (AvgIpc) is 2.94. The molecule has 3 unspecified atom stereocenters. The standard InChI is InChI=1S/C21H30FNO/c1-24-21-7-5-18(22)14-20(21)17-8-10-23(11-9-17)19-6-4-15-2-3-16(12-15)13-19/h5,7,14-17,19H,2-4,6,8-13H2,1H3. The van der Waals surface area contributed by atoms with Crippen LogP contribution in [-0.4, -0.2) is 31.1 Å². The lowest BCUT2D eigenvalue weighted by Crippen LogP contribution is -2.41. The van der Waals surface area contributed by atoms with E-state index >= 15 is 0 Å². The first-order chi connectivity index (χ1) is 11.7. The van der Waals surface area contributed by atoms with E-state index < -0.39 is 0 Å². The molecule has 3 fully saturated rings. The minimum Gasteiger partial charge on any atom is -0.496 e. The highest BCUT2D eigenvalue weighted by molar-refractivity contribution is 5.37.